The van der Waals surface area contributed by atoms with Crippen molar-refractivity contribution in [3.8, 4) is 5.75 Å². The fourth-order valence-corrected chi connectivity index (χ4v) is 1.25. The molecule has 1 aromatic rings. The zero-order valence-corrected chi connectivity index (χ0v) is 7.33. The van der Waals surface area contributed by atoms with E-state index in [1.807, 2.05) is 12.1 Å². The van der Waals surface area contributed by atoms with Gasteiger partial charge in [-0.3, -0.25) is 0 Å². The molecule has 0 radical (unpaired) electrons. The van der Waals surface area contributed by atoms with Gasteiger partial charge < -0.3 is 10.8 Å². The van der Waals surface area contributed by atoms with Crippen molar-refractivity contribution in [3.05, 3.63) is 29.8 Å². The number of phenolic OH excluding ortho intramolecular Hbond substituents is 1. The lowest BCUT2D eigenvalue weighted by atomic mass is 9.98. The molecular formula is C10H15NO. The summed E-state index contributed by atoms with van der Waals surface area (Å²) < 4.78 is 0. The van der Waals surface area contributed by atoms with Crippen LogP contribution in [0.15, 0.2) is 24.3 Å². The molecule has 0 aliphatic carbocycles. The molecule has 0 fully saturated rings. The lowest BCUT2D eigenvalue weighted by Gasteiger charge is -2.09. The van der Waals surface area contributed by atoms with Crippen LogP contribution in [-0.4, -0.2) is 11.7 Å². The topological polar surface area (TPSA) is 46.2 Å². The van der Waals surface area contributed by atoms with Crippen molar-refractivity contribution in [2.24, 2.45) is 5.73 Å². The third-order valence-corrected chi connectivity index (χ3v) is 2.04. The number of benzene rings is 1. The summed E-state index contributed by atoms with van der Waals surface area (Å²) in [6, 6.07) is 7.34. The minimum atomic E-state index is 0.330. The molecule has 0 aromatic heterocycles. The van der Waals surface area contributed by atoms with Gasteiger partial charge in [-0.05, 0) is 36.6 Å². The van der Waals surface area contributed by atoms with Gasteiger partial charge in [0.2, 0.25) is 0 Å². The summed E-state index contributed by atoms with van der Waals surface area (Å²) >= 11 is 0. The van der Waals surface area contributed by atoms with E-state index in [1.54, 1.807) is 12.1 Å². The smallest absolute Gasteiger partial charge is 0.115 e. The quantitative estimate of drug-likeness (QED) is 0.718. The molecule has 0 saturated carbocycles. The van der Waals surface area contributed by atoms with E-state index in [4.69, 9.17) is 5.73 Å². The van der Waals surface area contributed by atoms with E-state index in [0.717, 1.165) is 12.0 Å². The summed E-state index contributed by atoms with van der Waals surface area (Å²) in [5.74, 6) is 0.762. The molecule has 0 bridgehead atoms. The molecule has 0 aliphatic rings. The van der Waals surface area contributed by atoms with E-state index < -0.39 is 0 Å². The third kappa shape index (κ3) is 2.24. The minimum Gasteiger partial charge on any atom is -0.508 e. The molecule has 1 unspecified atom stereocenters. The summed E-state index contributed by atoms with van der Waals surface area (Å²) in [6.07, 6.45) is 0.962. The van der Waals surface area contributed by atoms with Gasteiger partial charge in [0.25, 0.3) is 0 Å². The highest BCUT2D eigenvalue weighted by Gasteiger charge is 2.03. The Balaban J connectivity index is 2.73. The number of hydrogen-bond donors (Lipinski definition) is 2. The van der Waals surface area contributed by atoms with Crippen molar-refractivity contribution in [3.63, 3.8) is 0 Å². The van der Waals surface area contributed by atoms with E-state index in [0.29, 0.717) is 18.2 Å². The van der Waals surface area contributed by atoms with Crippen LogP contribution < -0.4 is 5.73 Å². The molecular weight excluding hydrogens is 150 g/mol. The lowest BCUT2D eigenvalue weighted by Crippen LogP contribution is -2.04. The van der Waals surface area contributed by atoms with Crippen LogP contribution >= 0.6 is 0 Å². The van der Waals surface area contributed by atoms with Crippen LogP contribution in [0, 0.1) is 0 Å². The molecule has 1 aromatic carbocycles. The molecule has 1 atom stereocenters. The summed E-state index contributed by atoms with van der Waals surface area (Å²) in [6.45, 7) is 2.80. The van der Waals surface area contributed by atoms with Gasteiger partial charge in [-0.1, -0.05) is 19.1 Å². The van der Waals surface area contributed by atoms with Gasteiger partial charge in [0, 0.05) is 0 Å². The summed E-state index contributed by atoms with van der Waals surface area (Å²) in [5, 5.41) is 9.20. The fourth-order valence-electron chi connectivity index (χ4n) is 1.25. The van der Waals surface area contributed by atoms with E-state index >= 15 is 0 Å². The van der Waals surface area contributed by atoms with Gasteiger partial charge >= 0.3 is 0 Å². The van der Waals surface area contributed by atoms with E-state index in [1.165, 1.54) is 0 Å². The Labute approximate surface area is 73.0 Å². The van der Waals surface area contributed by atoms with Gasteiger partial charge in [-0.2, -0.15) is 0 Å². The first-order chi connectivity index (χ1) is 5.74. The second-order valence-electron chi connectivity index (χ2n) is 3.07. The van der Waals surface area contributed by atoms with E-state index in [2.05, 4.69) is 6.92 Å². The van der Waals surface area contributed by atoms with Gasteiger partial charge in [0.15, 0.2) is 0 Å². The highest BCUT2D eigenvalue weighted by molar-refractivity contribution is 5.29. The highest BCUT2D eigenvalue weighted by atomic mass is 16.3. The van der Waals surface area contributed by atoms with Crippen molar-refractivity contribution in [1.29, 1.82) is 0 Å². The molecule has 0 aliphatic heterocycles. The van der Waals surface area contributed by atoms with Crippen LogP contribution in [-0.2, 0) is 0 Å². The second-order valence-corrected chi connectivity index (χ2v) is 3.07. The minimum absolute atomic E-state index is 0.330. The van der Waals surface area contributed by atoms with Crippen molar-refractivity contribution in [2.75, 3.05) is 6.54 Å². The fraction of sp³-hybridized carbons (Fsp3) is 0.400. The van der Waals surface area contributed by atoms with E-state index in [-0.39, 0.29) is 0 Å². The molecule has 1 rings (SSSR count). The number of phenols is 1. The first-order valence-corrected chi connectivity index (χ1v) is 4.23. The predicted octanol–water partition coefficient (Wildman–Crippen LogP) is 1.84. The number of hydrogen-bond acceptors (Lipinski definition) is 2. The van der Waals surface area contributed by atoms with Crippen molar-refractivity contribution in [2.45, 2.75) is 19.3 Å². The summed E-state index contributed by atoms with van der Waals surface area (Å²) in [4.78, 5) is 0. The van der Waals surface area contributed by atoms with Crippen molar-refractivity contribution >= 4 is 0 Å². The Kier molecular flexibility index (Phi) is 3.11. The molecule has 0 heterocycles. The zero-order valence-electron chi connectivity index (χ0n) is 7.33. The molecule has 2 nitrogen and oxygen atoms in total. The molecule has 0 spiro atoms. The third-order valence-electron chi connectivity index (χ3n) is 2.04. The summed E-state index contributed by atoms with van der Waals surface area (Å²) in [5.41, 5.74) is 6.60. The van der Waals surface area contributed by atoms with Gasteiger partial charge in [-0.15, -0.1) is 0 Å². The molecule has 0 saturated heterocycles. The van der Waals surface area contributed by atoms with Crippen LogP contribution in [0.2, 0.25) is 0 Å². The maximum absolute atomic E-state index is 9.20. The Hall–Kier alpha value is -1.02. The van der Waals surface area contributed by atoms with E-state index in [9.17, 15) is 5.11 Å². The maximum atomic E-state index is 9.20. The lowest BCUT2D eigenvalue weighted by molar-refractivity contribution is 0.473. The molecule has 2 heteroatoms. The Morgan fingerprint density at radius 2 is 2.25 bits per heavy atom. The largest absolute Gasteiger partial charge is 0.508 e. The average Bonchev–Trinajstić information content (AvgIpc) is 2.05. The highest BCUT2D eigenvalue weighted by Crippen LogP contribution is 2.21. The molecule has 12 heavy (non-hydrogen) atoms. The van der Waals surface area contributed by atoms with Crippen LogP contribution in [0.25, 0.3) is 0 Å². The monoisotopic (exact) mass is 165 g/mol. The second kappa shape index (κ2) is 4.12. The Morgan fingerprint density at radius 3 is 2.83 bits per heavy atom. The Bertz CT molecular complexity index is 247. The standard InChI is InChI=1S/C10H15NO/c1-8(5-6-11)9-3-2-4-10(12)7-9/h2-4,7-8,12H,5-6,11H2,1H3. The number of aromatic hydroxyl groups is 1. The van der Waals surface area contributed by atoms with Crippen LogP contribution in [0.1, 0.15) is 24.8 Å². The normalized spacial score (nSPS) is 12.8. The van der Waals surface area contributed by atoms with Crippen LogP contribution in [0.5, 0.6) is 5.75 Å². The first-order valence-electron chi connectivity index (χ1n) is 4.23. The maximum Gasteiger partial charge on any atom is 0.115 e. The van der Waals surface area contributed by atoms with Gasteiger partial charge in [0.05, 0.1) is 0 Å². The first kappa shape index (κ1) is 9.07. The average molecular weight is 165 g/mol. The van der Waals surface area contributed by atoms with Gasteiger partial charge in [-0.25, -0.2) is 0 Å². The van der Waals surface area contributed by atoms with Crippen molar-refractivity contribution in [1.82, 2.24) is 0 Å². The molecule has 66 valence electrons. The zero-order chi connectivity index (χ0) is 8.97. The number of rotatable bonds is 3. The number of nitrogens with two attached hydrogens (primary N) is 1. The SMILES string of the molecule is CC(CCN)c1cccc(O)c1. The summed E-state index contributed by atoms with van der Waals surface area (Å²) in [7, 11) is 0. The molecule has 3 N–H and O–H groups in total. The Morgan fingerprint density at radius 1 is 1.50 bits per heavy atom. The molecule has 0 amide bonds. The van der Waals surface area contributed by atoms with Crippen LogP contribution in [0.3, 0.4) is 0 Å². The van der Waals surface area contributed by atoms with Crippen LogP contribution in [0.4, 0.5) is 0 Å². The van der Waals surface area contributed by atoms with Crippen molar-refractivity contribution < 1.29 is 5.11 Å². The van der Waals surface area contributed by atoms with Gasteiger partial charge in [0.1, 0.15) is 5.75 Å². The predicted molar refractivity (Wildman–Crippen MR) is 50.2 cm³/mol.